The van der Waals surface area contributed by atoms with E-state index in [1.807, 2.05) is 6.08 Å². The second-order valence-corrected chi connectivity index (χ2v) is 14.3. The molecule has 4 nitrogen and oxygen atoms in total. The average Bonchev–Trinajstić information content (AvgIpc) is 3.02. The van der Waals surface area contributed by atoms with E-state index in [9.17, 15) is 9.59 Å². The maximum Gasteiger partial charge on any atom is 0.303 e. The molecule has 4 heteroatoms. The van der Waals surface area contributed by atoms with Gasteiger partial charge in [-0.15, -0.1) is 6.58 Å². The fraction of sp³-hybridized carbons (Fsp3) is 0.857. The van der Waals surface area contributed by atoms with E-state index in [1.54, 1.807) is 0 Å². The van der Waals surface area contributed by atoms with Crippen molar-refractivity contribution >= 4 is 11.9 Å². The second kappa shape index (κ2) is 37.9. The minimum atomic E-state index is -0.706. The molecule has 0 heterocycles. The molecule has 0 bridgehead atoms. The van der Waals surface area contributed by atoms with Crippen molar-refractivity contribution in [2.24, 2.45) is 17.8 Å². The Morgan fingerprint density at radius 1 is 0.500 bits per heavy atom. The Hall–Kier alpha value is -1.58. The van der Waals surface area contributed by atoms with Crippen molar-refractivity contribution in [2.75, 3.05) is 0 Å². The molecule has 0 amide bonds. The zero-order valence-corrected chi connectivity index (χ0v) is 31.4. The van der Waals surface area contributed by atoms with Crippen molar-refractivity contribution in [2.45, 2.75) is 214 Å². The van der Waals surface area contributed by atoms with E-state index in [0.717, 1.165) is 82.5 Å². The van der Waals surface area contributed by atoms with E-state index in [4.69, 9.17) is 10.2 Å². The van der Waals surface area contributed by atoms with Crippen LogP contribution >= 0.6 is 0 Å². The van der Waals surface area contributed by atoms with Crippen molar-refractivity contribution in [1.82, 2.24) is 0 Å². The summed E-state index contributed by atoms with van der Waals surface area (Å²) in [7, 11) is 0. The molecule has 0 fully saturated rings. The summed E-state index contributed by atoms with van der Waals surface area (Å²) in [5.41, 5.74) is 0. The summed E-state index contributed by atoms with van der Waals surface area (Å²) in [5, 5.41) is 17.1. The van der Waals surface area contributed by atoms with Crippen LogP contribution in [0.2, 0.25) is 0 Å². The maximum absolute atomic E-state index is 10.4. The lowest BCUT2D eigenvalue weighted by Crippen LogP contribution is -1.98. The average molecular weight is 649 g/mol. The van der Waals surface area contributed by atoms with Gasteiger partial charge in [0.2, 0.25) is 0 Å². The van der Waals surface area contributed by atoms with Crippen molar-refractivity contribution in [3.05, 3.63) is 24.8 Å². The van der Waals surface area contributed by atoms with Crippen molar-refractivity contribution in [3.8, 4) is 0 Å². The Morgan fingerprint density at radius 2 is 0.870 bits per heavy atom. The SMILES string of the molecule is C=CC(CCC=CCCCCCCC(=O)O)CCCCCC(=O)O.CCCCCCCC(C)CCCCC(C)CCCCCCC. The second-order valence-electron chi connectivity index (χ2n) is 14.3. The molecule has 2 N–H and O–H groups in total. The van der Waals surface area contributed by atoms with E-state index < -0.39 is 11.9 Å². The fourth-order valence-corrected chi connectivity index (χ4v) is 6.14. The molecule has 46 heavy (non-hydrogen) atoms. The highest BCUT2D eigenvalue weighted by Gasteiger charge is 2.06. The number of hydrogen-bond donors (Lipinski definition) is 2. The lowest BCUT2D eigenvalue weighted by Gasteiger charge is -2.13. The first kappa shape index (κ1) is 46.5. The maximum atomic E-state index is 10.4. The summed E-state index contributed by atoms with van der Waals surface area (Å²) in [4.78, 5) is 20.8. The first-order valence-electron chi connectivity index (χ1n) is 20.0. The topological polar surface area (TPSA) is 74.6 Å². The molecule has 0 radical (unpaired) electrons. The van der Waals surface area contributed by atoms with Gasteiger partial charge in [0.15, 0.2) is 0 Å². The van der Waals surface area contributed by atoms with Gasteiger partial charge in [0.05, 0.1) is 0 Å². The molecule has 0 saturated carbocycles. The quantitative estimate of drug-likeness (QED) is 0.0538. The monoisotopic (exact) mass is 649 g/mol. The van der Waals surface area contributed by atoms with Crippen molar-refractivity contribution in [3.63, 3.8) is 0 Å². The number of carbonyl (C=O) groups is 2. The van der Waals surface area contributed by atoms with Gasteiger partial charge in [-0.05, 0) is 62.7 Å². The van der Waals surface area contributed by atoms with Gasteiger partial charge in [-0.25, -0.2) is 0 Å². The lowest BCUT2D eigenvalue weighted by atomic mass is 9.93. The summed E-state index contributed by atoms with van der Waals surface area (Å²) in [6.07, 6.45) is 41.4. The smallest absolute Gasteiger partial charge is 0.303 e. The van der Waals surface area contributed by atoms with Crippen LogP contribution in [0.5, 0.6) is 0 Å². The highest BCUT2D eigenvalue weighted by atomic mass is 16.4. The van der Waals surface area contributed by atoms with Crippen molar-refractivity contribution in [1.29, 1.82) is 0 Å². The van der Waals surface area contributed by atoms with Crippen LogP contribution in [-0.2, 0) is 9.59 Å². The third-order valence-corrected chi connectivity index (χ3v) is 9.43. The standard InChI is InChI=1S/C22H46.C20H34O4/c1-5-7-9-11-13-17-21(3)19-15-16-20-22(4)18-14-12-10-8-6-2;1-2-18(15-11-9-13-17-20(23)24)14-10-7-5-3-4-6-8-12-16-19(21)22/h21-22H,5-20H2,1-4H3;2,5,7,18H,1,3-4,6,8-17H2,(H,21,22)(H,23,24). The molecule has 0 aromatic rings. The molecule has 272 valence electrons. The highest BCUT2D eigenvalue weighted by Crippen LogP contribution is 2.21. The van der Waals surface area contributed by atoms with Crippen LogP contribution in [0.15, 0.2) is 24.8 Å². The van der Waals surface area contributed by atoms with Gasteiger partial charge in [0.25, 0.3) is 0 Å². The van der Waals surface area contributed by atoms with Crippen LogP contribution < -0.4 is 0 Å². The summed E-state index contributed by atoms with van der Waals surface area (Å²) in [6, 6.07) is 0. The number of carboxylic acid groups (broad SMARTS) is 2. The largest absolute Gasteiger partial charge is 0.481 e. The minimum Gasteiger partial charge on any atom is -0.481 e. The Bertz CT molecular complexity index is 663. The predicted octanol–water partition coefficient (Wildman–Crippen LogP) is 14.1. The van der Waals surface area contributed by atoms with Gasteiger partial charge in [0, 0.05) is 12.8 Å². The zero-order chi connectivity index (χ0) is 34.5. The van der Waals surface area contributed by atoms with E-state index >= 15 is 0 Å². The van der Waals surface area contributed by atoms with E-state index in [-0.39, 0.29) is 12.8 Å². The minimum absolute atomic E-state index is 0.276. The molecular formula is C42H80O4. The molecule has 3 unspecified atom stereocenters. The predicted molar refractivity (Wildman–Crippen MR) is 202 cm³/mol. The van der Waals surface area contributed by atoms with Crippen molar-refractivity contribution < 1.29 is 19.8 Å². The van der Waals surface area contributed by atoms with Crippen LogP contribution in [0.1, 0.15) is 214 Å². The van der Waals surface area contributed by atoms with Gasteiger partial charge >= 0.3 is 11.9 Å². The Balaban J connectivity index is 0. The Kier molecular flexibility index (Phi) is 38.3. The summed E-state index contributed by atoms with van der Waals surface area (Å²) < 4.78 is 0. The van der Waals surface area contributed by atoms with Gasteiger partial charge in [-0.3, -0.25) is 9.59 Å². The molecule has 0 aromatic heterocycles. The summed E-state index contributed by atoms with van der Waals surface area (Å²) in [5.74, 6) is 1.04. The third kappa shape index (κ3) is 40.4. The molecule has 0 aromatic carbocycles. The third-order valence-electron chi connectivity index (χ3n) is 9.43. The van der Waals surface area contributed by atoms with Crippen LogP contribution in [-0.4, -0.2) is 22.2 Å². The summed E-state index contributed by atoms with van der Waals surface area (Å²) >= 11 is 0. The molecule has 0 rings (SSSR count). The van der Waals surface area contributed by atoms with Gasteiger partial charge in [0.1, 0.15) is 0 Å². The molecule has 0 spiro atoms. The number of carboxylic acids is 2. The molecule has 0 saturated heterocycles. The fourth-order valence-electron chi connectivity index (χ4n) is 6.14. The normalized spacial score (nSPS) is 13.2. The molecule has 0 aliphatic heterocycles. The highest BCUT2D eigenvalue weighted by molar-refractivity contribution is 5.66. The Labute approximate surface area is 287 Å². The number of hydrogen-bond acceptors (Lipinski definition) is 2. The van der Waals surface area contributed by atoms with Crippen LogP contribution in [0, 0.1) is 17.8 Å². The number of allylic oxidation sites excluding steroid dienone is 3. The summed E-state index contributed by atoms with van der Waals surface area (Å²) in [6.45, 7) is 13.4. The number of aliphatic carboxylic acids is 2. The van der Waals surface area contributed by atoms with Crippen LogP contribution in [0.25, 0.3) is 0 Å². The molecular weight excluding hydrogens is 568 g/mol. The van der Waals surface area contributed by atoms with Crippen LogP contribution in [0.3, 0.4) is 0 Å². The molecule has 0 aliphatic carbocycles. The van der Waals surface area contributed by atoms with Gasteiger partial charge < -0.3 is 10.2 Å². The van der Waals surface area contributed by atoms with E-state index in [0.29, 0.717) is 5.92 Å². The number of rotatable bonds is 34. The van der Waals surface area contributed by atoms with E-state index in [2.05, 4.69) is 46.4 Å². The lowest BCUT2D eigenvalue weighted by molar-refractivity contribution is -0.138. The van der Waals surface area contributed by atoms with Gasteiger partial charge in [-0.2, -0.15) is 0 Å². The van der Waals surface area contributed by atoms with E-state index in [1.165, 1.54) is 103 Å². The molecule has 0 aliphatic rings. The van der Waals surface area contributed by atoms with Gasteiger partial charge in [-0.1, -0.05) is 174 Å². The first-order valence-corrected chi connectivity index (χ1v) is 20.0. The number of unbranched alkanes of at least 4 members (excludes halogenated alkanes) is 15. The Morgan fingerprint density at radius 3 is 1.33 bits per heavy atom. The first-order chi connectivity index (χ1) is 22.3. The molecule has 3 atom stereocenters. The van der Waals surface area contributed by atoms with Crippen LogP contribution in [0.4, 0.5) is 0 Å². The zero-order valence-electron chi connectivity index (χ0n) is 31.4.